The zero-order valence-electron chi connectivity index (χ0n) is 10.2. The molecule has 0 aromatic heterocycles. The van der Waals surface area contributed by atoms with Crippen LogP contribution in [-0.2, 0) is 16.3 Å². The highest BCUT2D eigenvalue weighted by Gasteiger charge is 2.19. The first-order valence-corrected chi connectivity index (χ1v) is 7.30. The van der Waals surface area contributed by atoms with Crippen LogP contribution in [0.1, 0.15) is 18.9 Å². The maximum Gasteiger partial charge on any atom is 0.273 e. The van der Waals surface area contributed by atoms with Crippen molar-refractivity contribution in [2.45, 2.75) is 30.8 Å². The summed E-state index contributed by atoms with van der Waals surface area (Å²) in [6.07, 6.45) is 0.932. The Morgan fingerprint density at radius 2 is 2.06 bits per heavy atom. The molecule has 0 aliphatic carbocycles. The van der Waals surface area contributed by atoms with Gasteiger partial charge in [0.2, 0.25) is 0 Å². The van der Waals surface area contributed by atoms with Crippen molar-refractivity contribution in [3.63, 3.8) is 0 Å². The molecule has 6 nitrogen and oxygen atoms in total. The van der Waals surface area contributed by atoms with Gasteiger partial charge < -0.3 is 5.11 Å². The van der Waals surface area contributed by atoms with E-state index in [9.17, 15) is 23.6 Å². The first-order chi connectivity index (χ1) is 8.25. The van der Waals surface area contributed by atoms with Crippen molar-refractivity contribution in [2.75, 3.05) is 6.26 Å². The van der Waals surface area contributed by atoms with Crippen molar-refractivity contribution in [3.8, 4) is 0 Å². The Labute approximate surface area is 105 Å². The normalized spacial score (nSPS) is 13.3. The Kier molecular flexibility index (Phi) is 4.42. The summed E-state index contributed by atoms with van der Waals surface area (Å²) in [6.45, 7) is 1.77. The summed E-state index contributed by atoms with van der Waals surface area (Å²) in [6, 6.07) is 3.74. The summed E-state index contributed by atoms with van der Waals surface area (Å²) in [5, 5.41) is 20.4. The lowest BCUT2D eigenvalue weighted by Gasteiger charge is -2.09. The number of nitrogens with zero attached hydrogens (tertiary/aromatic N) is 1. The SMILES string of the molecule is CCC(O)Cc1ccc(S(C)(=O)=O)cc1[N+](=O)[O-]. The van der Waals surface area contributed by atoms with E-state index in [0.717, 1.165) is 12.3 Å². The lowest BCUT2D eigenvalue weighted by molar-refractivity contribution is -0.385. The smallest absolute Gasteiger partial charge is 0.273 e. The van der Waals surface area contributed by atoms with Gasteiger partial charge in [-0.05, 0) is 12.5 Å². The summed E-state index contributed by atoms with van der Waals surface area (Å²) in [5.41, 5.74) is 0.0622. The molecule has 0 heterocycles. The number of nitro benzene ring substituents is 1. The number of aliphatic hydroxyl groups excluding tert-OH is 1. The first-order valence-electron chi connectivity index (χ1n) is 5.41. The van der Waals surface area contributed by atoms with Crippen LogP contribution in [0.5, 0.6) is 0 Å². The zero-order valence-corrected chi connectivity index (χ0v) is 11.0. The quantitative estimate of drug-likeness (QED) is 0.644. The Balaban J connectivity index is 3.25. The highest BCUT2D eigenvalue weighted by atomic mass is 32.2. The van der Waals surface area contributed by atoms with Gasteiger partial charge in [-0.2, -0.15) is 0 Å². The Morgan fingerprint density at radius 1 is 1.44 bits per heavy atom. The Hall–Kier alpha value is -1.47. The molecule has 1 rings (SSSR count). The van der Waals surface area contributed by atoms with Gasteiger partial charge in [0, 0.05) is 24.3 Å². The average Bonchev–Trinajstić information content (AvgIpc) is 2.27. The maximum atomic E-state index is 11.3. The number of hydrogen-bond acceptors (Lipinski definition) is 5. The number of nitro groups is 1. The van der Waals surface area contributed by atoms with Crippen LogP contribution in [0.3, 0.4) is 0 Å². The molecule has 7 heteroatoms. The minimum absolute atomic E-state index is 0.0936. The van der Waals surface area contributed by atoms with Gasteiger partial charge in [-0.25, -0.2) is 8.42 Å². The fourth-order valence-corrected chi connectivity index (χ4v) is 2.16. The topological polar surface area (TPSA) is 97.5 Å². The number of benzene rings is 1. The molecule has 0 amide bonds. The van der Waals surface area contributed by atoms with Gasteiger partial charge in [-0.15, -0.1) is 0 Å². The molecule has 1 atom stereocenters. The molecule has 0 radical (unpaired) electrons. The van der Waals surface area contributed by atoms with Crippen molar-refractivity contribution in [1.29, 1.82) is 0 Å². The largest absolute Gasteiger partial charge is 0.393 e. The van der Waals surface area contributed by atoms with Crippen LogP contribution in [0.4, 0.5) is 5.69 Å². The molecule has 100 valence electrons. The first kappa shape index (κ1) is 14.6. The molecular weight excluding hydrogens is 258 g/mol. The van der Waals surface area contributed by atoms with Gasteiger partial charge in [0.25, 0.3) is 5.69 Å². The predicted molar refractivity (Wildman–Crippen MR) is 66.2 cm³/mol. The minimum atomic E-state index is -3.48. The number of sulfone groups is 1. The Morgan fingerprint density at radius 3 is 2.50 bits per heavy atom. The van der Waals surface area contributed by atoms with E-state index in [1.54, 1.807) is 6.92 Å². The summed E-state index contributed by atoms with van der Waals surface area (Å²) in [5.74, 6) is 0. The highest BCUT2D eigenvalue weighted by molar-refractivity contribution is 7.90. The summed E-state index contributed by atoms with van der Waals surface area (Å²) < 4.78 is 22.7. The van der Waals surface area contributed by atoms with E-state index in [2.05, 4.69) is 0 Å². The van der Waals surface area contributed by atoms with E-state index >= 15 is 0 Å². The summed E-state index contributed by atoms with van der Waals surface area (Å²) in [4.78, 5) is 10.2. The molecule has 1 unspecified atom stereocenters. The van der Waals surface area contributed by atoms with E-state index in [4.69, 9.17) is 0 Å². The number of aliphatic hydroxyl groups is 1. The fraction of sp³-hybridized carbons (Fsp3) is 0.455. The molecule has 0 saturated carbocycles. The molecule has 18 heavy (non-hydrogen) atoms. The second-order valence-electron chi connectivity index (χ2n) is 4.09. The van der Waals surface area contributed by atoms with Crippen LogP contribution in [0.25, 0.3) is 0 Å². The molecule has 1 aromatic carbocycles. The van der Waals surface area contributed by atoms with Gasteiger partial charge in [0.05, 0.1) is 15.9 Å². The van der Waals surface area contributed by atoms with Crippen LogP contribution in [0.15, 0.2) is 23.1 Å². The number of rotatable bonds is 5. The van der Waals surface area contributed by atoms with E-state index < -0.39 is 20.9 Å². The van der Waals surface area contributed by atoms with Crippen molar-refractivity contribution in [3.05, 3.63) is 33.9 Å². The van der Waals surface area contributed by atoms with Crippen LogP contribution < -0.4 is 0 Å². The lowest BCUT2D eigenvalue weighted by atomic mass is 10.0. The summed E-state index contributed by atoms with van der Waals surface area (Å²) in [7, 11) is -3.48. The van der Waals surface area contributed by atoms with Crippen LogP contribution in [0.2, 0.25) is 0 Å². The lowest BCUT2D eigenvalue weighted by Crippen LogP contribution is -2.10. The van der Waals surface area contributed by atoms with Gasteiger partial charge in [0.1, 0.15) is 0 Å². The molecule has 0 saturated heterocycles. The van der Waals surface area contributed by atoms with Crippen LogP contribution in [-0.4, -0.2) is 30.8 Å². The number of hydrogen-bond donors (Lipinski definition) is 1. The van der Waals surface area contributed by atoms with E-state index in [-0.39, 0.29) is 17.0 Å². The van der Waals surface area contributed by atoms with Crippen molar-refractivity contribution in [2.24, 2.45) is 0 Å². The molecule has 0 spiro atoms. The van der Waals surface area contributed by atoms with Gasteiger partial charge in [0.15, 0.2) is 9.84 Å². The third kappa shape index (κ3) is 3.51. The molecule has 1 N–H and O–H groups in total. The minimum Gasteiger partial charge on any atom is -0.393 e. The zero-order chi connectivity index (χ0) is 13.9. The highest BCUT2D eigenvalue weighted by Crippen LogP contribution is 2.24. The van der Waals surface area contributed by atoms with Gasteiger partial charge in [-0.3, -0.25) is 10.1 Å². The van der Waals surface area contributed by atoms with E-state index in [1.165, 1.54) is 12.1 Å². The van der Waals surface area contributed by atoms with E-state index in [1.807, 2.05) is 0 Å². The van der Waals surface area contributed by atoms with Gasteiger partial charge >= 0.3 is 0 Å². The molecule has 1 aromatic rings. The molecule has 0 bridgehead atoms. The fourth-order valence-electron chi connectivity index (χ4n) is 1.52. The molecule has 0 fully saturated rings. The average molecular weight is 273 g/mol. The third-order valence-corrected chi connectivity index (χ3v) is 3.72. The monoisotopic (exact) mass is 273 g/mol. The van der Waals surface area contributed by atoms with E-state index in [0.29, 0.717) is 12.0 Å². The van der Waals surface area contributed by atoms with Crippen molar-refractivity contribution in [1.82, 2.24) is 0 Å². The maximum absolute atomic E-state index is 11.3. The van der Waals surface area contributed by atoms with Crippen LogP contribution in [0, 0.1) is 10.1 Å². The second kappa shape index (κ2) is 5.45. The summed E-state index contributed by atoms with van der Waals surface area (Å²) >= 11 is 0. The second-order valence-corrected chi connectivity index (χ2v) is 6.10. The predicted octanol–water partition coefficient (Wildman–Crippen LogP) is 1.31. The Bertz CT molecular complexity index is 553. The van der Waals surface area contributed by atoms with Crippen molar-refractivity contribution < 1.29 is 18.4 Å². The third-order valence-electron chi connectivity index (χ3n) is 2.61. The standard InChI is InChI=1S/C11H15NO5S/c1-3-9(13)6-8-4-5-10(18(2,16)17)7-11(8)12(14)15/h4-5,7,9,13H,3,6H2,1-2H3. The molecular formula is C11H15NO5S. The molecule has 0 aliphatic rings. The van der Waals surface area contributed by atoms with Gasteiger partial charge in [-0.1, -0.05) is 13.0 Å². The van der Waals surface area contributed by atoms with Crippen molar-refractivity contribution >= 4 is 15.5 Å². The van der Waals surface area contributed by atoms with Crippen LogP contribution >= 0.6 is 0 Å². The molecule has 0 aliphatic heterocycles.